The largest absolute Gasteiger partial charge is 0.377 e. The molecule has 0 aromatic heterocycles. The van der Waals surface area contributed by atoms with Crippen molar-refractivity contribution in [1.82, 2.24) is 10.6 Å². The van der Waals surface area contributed by atoms with Crippen molar-refractivity contribution in [2.24, 2.45) is 0 Å². The van der Waals surface area contributed by atoms with Crippen molar-refractivity contribution >= 4 is 11.7 Å². The van der Waals surface area contributed by atoms with Gasteiger partial charge in [0.2, 0.25) is 0 Å². The highest BCUT2D eigenvalue weighted by Gasteiger charge is 2.12. The molecule has 4 heteroatoms. The fourth-order valence-electron chi connectivity index (χ4n) is 1.62. The molecule has 0 aliphatic rings. The van der Waals surface area contributed by atoms with Gasteiger partial charge >= 0.3 is 6.03 Å². The van der Waals surface area contributed by atoms with E-state index < -0.39 is 0 Å². The summed E-state index contributed by atoms with van der Waals surface area (Å²) in [6.45, 7) is 6.13. The second-order valence-electron chi connectivity index (χ2n) is 5.77. The molecule has 0 saturated carbocycles. The number of nitrogens with zero attached hydrogens (tertiary/aromatic N) is 1. The third-order valence-electron chi connectivity index (χ3n) is 2.43. The molecule has 4 nitrogen and oxygen atoms in total. The molecule has 0 spiro atoms. The lowest BCUT2D eigenvalue weighted by molar-refractivity contribution is 0.233. The summed E-state index contributed by atoms with van der Waals surface area (Å²) in [6, 6.07) is 7.72. The summed E-state index contributed by atoms with van der Waals surface area (Å²) in [5.41, 5.74) is 1.78. The third-order valence-corrected chi connectivity index (χ3v) is 2.43. The molecule has 108 valence electrons. The Kier molecular flexibility index (Phi) is 5.45. The zero-order chi connectivity index (χ0) is 15.2. The second-order valence-corrected chi connectivity index (χ2v) is 5.77. The first-order chi connectivity index (χ1) is 9.29. The zero-order valence-electron chi connectivity index (χ0n) is 12.9. The van der Waals surface area contributed by atoms with Crippen molar-refractivity contribution in [3.05, 3.63) is 29.8 Å². The number of nitrogens with one attached hydrogen (secondary N) is 2. The van der Waals surface area contributed by atoms with Crippen LogP contribution in [-0.4, -0.2) is 32.2 Å². The smallest absolute Gasteiger partial charge is 0.315 e. The molecule has 0 atom stereocenters. The van der Waals surface area contributed by atoms with E-state index in [1.54, 1.807) is 0 Å². The molecule has 2 amide bonds. The van der Waals surface area contributed by atoms with E-state index in [0.717, 1.165) is 11.3 Å². The number of hydrogen-bond donors (Lipinski definition) is 2. The summed E-state index contributed by atoms with van der Waals surface area (Å²) in [7, 11) is 3.96. The number of hydrogen-bond acceptors (Lipinski definition) is 2. The van der Waals surface area contributed by atoms with Crippen molar-refractivity contribution in [3.63, 3.8) is 0 Å². The van der Waals surface area contributed by atoms with Gasteiger partial charge in [-0.15, -0.1) is 0 Å². The van der Waals surface area contributed by atoms with E-state index in [1.807, 2.05) is 64.0 Å². The summed E-state index contributed by atoms with van der Waals surface area (Å²) < 4.78 is 0. The van der Waals surface area contributed by atoms with Crippen LogP contribution in [0.1, 0.15) is 26.3 Å². The molecule has 0 saturated heterocycles. The quantitative estimate of drug-likeness (QED) is 0.811. The fourth-order valence-corrected chi connectivity index (χ4v) is 1.62. The van der Waals surface area contributed by atoms with Gasteiger partial charge < -0.3 is 15.5 Å². The molecule has 1 rings (SSSR count). The molecular formula is C16H23N3O. The van der Waals surface area contributed by atoms with Gasteiger partial charge in [0.1, 0.15) is 0 Å². The van der Waals surface area contributed by atoms with Gasteiger partial charge in [-0.3, -0.25) is 0 Å². The molecule has 20 heavy (non-hydrogen) atoms. The van der Waals surface area contributed by atoms with E-state index in [-0.39, 0.29) is 11.6 Å². The van der Waals surface area contributed by atoms with Crippen LogP contribution in [0.25, 0.3) is 0 Å². The van der Waals surface area contributed by atoms with Crippen molar-refractivity contribution in [3.8, 4) is 11.8 Å². The van der Waals surface area contributed by atoms with Crippen molar-refractivity contribution in [1.29, 1.82) is 0 Å². The Hall–Kier alpha value is -2.15. The Morgan fingerprint density at radius 2 is 1.90 bits per heavy atom. The zero-order valence-corrected chi connectivity index (χ0v) is 12.9. The van der Waals surface area contributed by atoms with Crippen molar-refractivity contribution < 1.29 is 4.79 Å². The topological polar surface area (TPSA) is 44.4 Å². The third kappa shape index (κ3) is 5.66. The van der Waals surface area contributed by atoms with E-state index in [4.69, 9.17) is 0 Å². The summed E-state index contributed by atoms with van der Waals surface area (Å²) in [4.78, 5) is 13.6. The molecule has 0 aliphatic carbocycles. The fraction of sp³-hybridized carbons (Fsp3) is 0.438. The molecule has 0 unspecified atom stereocenters. The average Bonchev–Trinajstić information content (AvgIpc) is 2.33. The Bertz CT molecular complexity index is 519. The molecular weight excluding hydrogens is 250 g/mol. The van der Waals surface area contributed by atoms with Crippen LogP contribution in [0.5, 0.6) is 0 Å². The minimum atomic E-state index is -0.241. The predicted molar refractivity (Wildman–Crippen MR) is 83.9 cm³/mol. The SMILES string of the molecule is CN(C)c1ccccc1C#CCNC(=O)NC(C)(C)C. The normalized spacial score (nSPS) is 10.2. The Morgan fingerprint density at radius 3 is 2.50 bits per heavy atom. The minimum absolute atomic E-state index is 0.201. The van der Waals surface area contributed by atoms with E-state index in [2.05, 4.69) is 22.5 Å². The van der Waals surface area contributed by atoms with Crippen LogP contribution in [0.4, 0.5) is 10.5 Å². The van der Waals surface area contributed by atoms with Gasteiger partial charge in [0.15, 0.2) is 0 Å². The van der Waals surface area contributed by atoms with E-state index in [0.29, 0.717) is 6.54 Å². The maximum atomic E-state index is 11.5. The average molecular weight is 273 g/mol. The molecule has 1 aromatic carbocycles. The summed E-state index contributed by atoms with van der Waals surface area (Å²) >= 11 is 0. The summed E-state index contributed by atoms with van der Waals surface area (Å²) in [5.74, 6) is 6.04. The molecule has 0 radical (unpaired) electrons. The monoisotopic (exact) mass is 273 g/mol. The van der Waals surface area contributed by atoms with Crippen LogP contribution in [0.15, 0.2) is 24.3 Å². The standard InChI is InChI=1S/C16H23N3O/c1-16(2,3)18-15(20)17-12-8-10-13-9-6-7-11-14(13)19(4)5/h6-7,9,11H,12H2,1-5H3,(H2,17,18,20). The van der Waals surface area contributed by atoms with Gasteiger partial charge in [0.25, 0.3) is 0 Å². The lowest BCUT2D eigenvalue weighted by atomic mass is 10.1. The molecule has 0 bridgehead atoms. The molecule has 1 aromatic rings. The molecule has 0 fully saturated rings. The van der Waals surface area contributed by atoms with Crippen LogP contribution < -0.4 is 15.5 Å². The van der Waals surface area contributed by atoms with E-state index in [9.17, 15) is 4.79 Å². The molecule has 0 aliphatic heterocycles. The number of anilines is 1. The first-order valence-corrected chi connectivity index (χ1v) is 6.61. The van der Waals surface area contributed by atoms with Gasteiger partial charge in [-0.1, -0.05) is 24.0 Å². The van der Waals surface area contributed by atoms with Crippen LogP contribution in [-0.2, 0) is 0 Å². The van der Waals surface area contributed by atoms with Gasteiger partial charge in [-0.2, -0.15) is 0 Å². The molecule has 0 heterocycles. The van der Waals surface area contributed by atoms with Gasteiger partial charge in [-0.25, -0.2) is 4.79 Å². The first-order valence-electron chi connectivity index (χ1n) is 6.61. The van der Waals surface area contributed by atoms with Crippen molar-refractivity contribution in [2.75, 3.05) is 25.5 Å². The number of carbonyl (C=O) groups excluding carboxylic acids is 1. The first kappa shape index (κ1) is 15.9. The number of para-hydroxylation sites is 1. The highest BCUT2D eigenvalue weighted by Crippen LogP contribution is 2.16. The maximum Gasteiger partial charge on any atom is 0.315 e. The van der Waals surface area contributed by atoms with Crippen LogP contribution in [0.2, 0.25) is 0 Å². The van der Waals surface area contributed by atoms with Crippen LogP contribution >= 0.6 is 0 Å². The highest BCUT2D eigenvalue weighted by molar-refractivity contribution is 5.75. The van der Waals surface area contributed by atoms with Gasteiger partial charge in [-0.05, 0) is 32.9 Å². The van der Waals surface area contributed by atoms with Gasteiger partial charge in [0, 0.05) is 25.2 Å². The highest BCUT2D eigenvalue weighted by atomic mass is 16.2. The van der Waals surface area contributed by atoms with E-state index >= 15 is 0 Å². The Morgan fingerprint density at radius 1 is 1.25 bits per heavy atom. The number of amides is 2. The lowest BCUT2D eigenvalue weighted by Gasteiger charge is -2.20. The minimum Gasteiger partial charge on any atom is -0.377 e. The lowest BCUT2D eigenvalue weighted by Crippen LogP contribution is -2.46. The van der Waals surface area contributed by atoms with Gasteiger partial charge in [0.05, 0.1) is 12.2 Å². The number of benzene rings is 1. The second kappa shape index (κ2) is 6.85. The number of urea groups is 1. The summed E-state index contributed by atoms with van der Waals surface area (Å²) in [6.07, 6.45) is 0. The summed E-state index contributed by atoms with van der Waals surface area (Å²) in [5, 5.41) is 5.54. The Labute approximate surface area is 121 Å². The Balaban J connectivity index is 2.58. The molecule has 2 N–H and O–H groups in total. The predicted octanol–water partition coefficient (Wildman–Crippen LogP) is 2.20. The maximum absolute atomic E-state index is 11.5. The van der Waals surface area contributed by atoms with Crippen LogP contribution in [0.3, 0.4) is 0 Å². The van der Waals surface area contributed by atoms with Crippen LogP contribution in [0, 0.1) is 11.8 Å². The van der Waals surface area contributed by atoms with E-state index in [1.165, 1.54) is 0 Å². The number of carbonyl (C=O) groups is 1. The van der Waals surface area contributed by atoms with Crippen molar-refractivity contribution in [2.45, 2.75) is 26.3 Å². The number of rotatable bonds is 2.